The van der Waals surface area contributed by atoms with E-state index in [1.807, 2.05) is 18.2 Å². The van der Waals surface area contributed by atoms with Gasteiger partial charge in [0, 0.05) is 24.9 Å². The van der Waals surface area contributed by atoms with Crippen LogP contribution < -0.4 is 5.32 Å². The number of carbonyl (C=O) groups excluding carboxylic acids is 2. The zero-order valence-corrected chi connectivity index (χ0v) is 20.4. The number of ether oxygens (including phenoxy) is 2. The SMILES string of the molecule is CC(C)(C)OC(=O)N[C@H]1C[C@H](C(=O)N2CCc3ccccc3[C@@H]2c2ccc(F)cc2)OC[C@H]1CO. The third kappa shape index (κ3) is 5.82. The lowest BCUT2D eigenvalue weighted by atomic mass is 9.86. The first-order valence-electron chi connectivity index (χ1n) is 12.0. The average molecular weight is 485 g/mol. The molecule has 8 heteroatoms. The van der Waals surface area contributed by atoms with Crippen LogP contribution in [0, 0.1) is 11.7 Å². The molecule has 1 fully saturated rings. The molecule has 4 atom stereocenters. The van der Waals surface area contributed by atoms with Crippen molar-refractivity contribution in [2.24, 2.45) is 5.92 Å². The number of aliphatic hydroxyl groups is 1. The Bertz CT molecular complexity index is 1050. The van der Waals surface area contributed by atoms with Crippen LogP contribution in [0.1, 0.15) is 49.9 Å². The Morgan fingerprint density at radius 2 is 1.89 bits per heavy atom. The number of benzene rings is 2. The molecule has 2 aromatic rings. The largest absolute Gasteiger partial charge is 0.444 e. The number of nitrogens with one attached hydrogen (secondary N) is 1. The van der Waals surface area contributed by atoms with E-state index in [0.717, 1.165) is 16.7 Å². The molecule has 0 saturated carbocycles. The maximum Gasteiger partial charge on any atom is 0.407 e. The van der Waals surface area contributed by atoms with Crippen molar-refractivity contribution in [2.45, 2.75) is 57.4 Å². The Balaban J connectivity index is 1.57. The lowest BCUT2D eigenvalue weighted by molar-refractivity contribution is -0.153. The maximum atomic E-state index is 13.8. The first kappa shape index (κ1) is 25.1. The highest BCUT2D eigenvalue weighted by molar-refractivity contribution is 5.82. The second-order valence-electron chi connectivity index (χ2n) is 10.2. The Labute approximate surface area is 205 Å². The molecule has 0 bridgehead atoms. The molecule has 2 aliphatic rings. The van der Waals surface area contributed by atoms with Gasteiger partial charge in [-0.25, -0.2) is 9.18 Å². The molecule has 35 heavy (non-hydrogen) atoms. The Morgan fingerprint density at radius 3 is 2.57 bits per heavy atom. The zero-order valence-electron chi connectivity index (χ0n) is 20.4. The number of carbonyl (C=O) groups is 2. The molecule has 2 amide bonds. The number of alkyl carbamates (subject to hydrolysis) is 1. The number of nitrogens with zero attached hydrogens (tertiary/aromatic N) is 1. The van der Waals surface area contributed by atoms with E-state index in [2.05, 4.69) is 11.4 Å². The quantitative estimate of drug-likeness (QED) is 0.693. The molecule has 0 spiro atoms. The third-order valence-corrected chi connectivity index (χ3v) is 6.51. The number of rotatable bonds is 4. The van der Waals surface area contributed by atoms with Crippen LogP contribution in [0.2, 0.25) is 0 Å². The van der Waals surface area contributed by atoms with Gasteiger partial charge in [-0.15, -0.1) is 0 Å². The van der Waals surface area contributed by atoms with Gasteiger partial charge in [0.25, 0.3) is 5.91 Å². The van der Waals surface area contributed by atoms with Crippen molar-refractivity contribution in [1.82, 2.24) is 10.2 Å². The number of hydrogen-bond acceptors (Lipinski definition) is 5. The molecule has 0 radical (unpaired) electrons. The van der Waals surface area contributed by atoms with Crippen LogP contribution in [0.15, 0.2) is 48.5 Å². The summed E-state index contributed by atoms with van der Waals surface area (Å²) >= 11 is 0. The van der Waals surface area contributed by atoms with Crippen molar-refractivity contribution in [2.75, 3.05) is 19.8 Å². The molecule has 7 nitrogen and oxygen atoms in total. The molecular weight excluding hydrogens is 451 g/mol. The highest BCUT2D eigenvalue weighted by Crippen LogP contribution is 2.36. The first-order valence-corrected chi connectivity index (χ1v) is 12.0. The normalized spacial score (nSPS) is 24.4. The molecule has 188 valence electrons. The molecule has 2 heterocycles. The van der Waals surface area contributed by atoms with E-state index in [-0.39, 0.29) is 43.3 Å². The van der Waals surface area contributed by atoms with Crippen LogP contribution in [0.5, 0.6) is 0 Å². The van der Waals surface area contributed by atoms with Gasteiger partial charge in [0.1, 0.15) is 17.5 Å². The van der Waals surface area contributed by atoms with Crippen LogP contribution in [0.3, 0.4) is 0 Å². The van der Waals surface area contributed by atoms with Gasteiger partial charge in [0.05, 0.1) is 19.3 Å². The van der Waals surface area contributed by atoms with Crippen molar-refractivity contribution < 1.29 is 28.6 Å². The number of aliphatic hydroxyl groups excluding tert-OH is 1. The molecule has 2 aromatic carbocycles. The molecule has 2 aliphatic heterocycles. The second kappa shape index (κ2) is 10.3. The van der Waals surface area contributed by atoms with Crippen molar-refractivity contribution in [3.05, 3.63) is 71.0 Å². The maximum absolute atomic E-state index is 13.8. The van der Waals surface area contributed by atoms with E-state index < -0.39 is 23.8 Å². The first-order chi connectivity index (χ1) is 16.7. The van der Waals surface area contributed by atoms with Gasteiger partial charge in [-0.05, 0) is 56.0 Å². The fourth-order valence-electron chi connectivity index (χ4n) is 4.83. The summed E-state index contributed by atoms with van der Waals surface area (Å²) in [5, 5.41) is 12.6. The lowest BCUT2D eigenvalue weighted by Gasteiger charge is -2.42. The summed E-state index contributed by atoms with van der Waals surface area (Å²) < 4.78 is 24.9. The van der Waals surface area contributed by atoms with Crippen LogP contribution in [0.25, 0.3) is 0 Å². The molecule has 0 aromatic heterocycles. The summed E-state index contributed by atoms with van der Waals surface area (Å²) in [7, 11) is 0. The lowest BCUT2D eigenvalue weighted by Crippen LogP contribution is -2.55. The second-order valence-corrected chi connectivity index (χ2v) is 10.2. The van der Waals surface area contributed by atoms with E-state index in [1.165, 1.54) is 12.1 Å². The predicted octanol–water partition coefficient (Wildman–Crippen LogP) is 3.59. The minimum absolute atomic E-state index is 0.138. The summed E-state index contributed by atoms with van der Waals surface area (Å²) in [6, 6.07) is 13.3. The van der Waals surface area contributed by atoms with Gasteiger partial charge >= 0.3 is 6.09 Å². The van der Waals surface area contributed by atoms with Gasteiger partial charge in [0.2, 0.25) is 0 Å². The van der Waals surface area contributed by atoms with E-state index in [9.17, 15) is 19.1 Å². The van der Waals surface area contributed by atoms with Gasteiger partial charge in [-0.3, -0.25) is 4.79 Å². The zero-order chi connectivity index (χ0) is 25.2. The fourth-order valence-corrected chi connectivity index (χ4v) is 4.83. The van der Waals surface area contributed by atoms with Crippen LogP contribution in [-0.4, -0.2) is 59.5 Å². The number of fused-ring (bicyclic) bond motifs is 1. The van der Waals surface area contributed by atoms with Crippen molar-refractivity contribution in [3.8, 4) is 0 Å². The minimum atomic E-state index is -0.786. The predicted molar refractivity (Wildman–Crippen MR) is 128 cm³/mol. The van der Waals surface area contributed by atoms with Gasteiger partial charge in [-0.2, -0.15) is 0 Å². The highest BCUT2D eigenvalue weighted by Gasteiger charge is 2.41. The molecule has 1 saturated heterocycles. The monoisotopic (exact) mass is 484 g/mol. The average Bonchev–Trinajstić information content (AvgIpc) is 2.82. The molecule has 0 unspecified atom stereocenters. The summed E-state index contributed by atoms with van der Waals surface area (Å²) in [5.41, 5.74) is 2.31. The fraction of sp³-hybridized carbons (Fsp3) is 0.481. The van der Waals surface area contributed by atoms with Crippen LogP contribution >= 0.6 is 0 Å². The number of halogens is 1. The van der Waals surface area contributed by atoms with Crippen LogP contribution in [0.4, 0.5) is 9.18 Å². The van der Waals surface area contributed by atoms with Crippen molar-refractivity contribution >= 4 is 12.0 Å². The third-order valence-electron chi connectivity index (χ3n) is 6.51. The Kier molecular flexibility index (Phi) is 7.42. The summed E-state index contributed by atoms with van der Waals surface area (Å²) in [4.78, 5) is 28.0. The summed E-state index contributed by atoms with van der Waals surface area (Å²) in [6.07, 6.45) is -0.459. The summed E-state index contributed by atoms with van der Waals surface area (Å²) in [6.45, 7) is 5.77. The minimum Gasteiger partial charge on any atom is -0.444 e. The molecule has 0 aliphatic carbocycles. The Hall–Kier alpha value is -2.97. The summed E-state index contributed by atoms with van der Waals surface area (Å²) in [5.74, 6) is -0.875. The van der Waals surface area contributed by atoms with E-state index in [1.54, 1.807) is 37.8 Å². The van der Waals surface area contributed by atoms with Gasteiger partial charge in [0.15, 0.2) is 0 Å². The number of amides is 2. The van der Waals surface area contributed by atoms with E-state index >= 15 is 0 Å². The molecule has 4 rings (SSSR count). The van der Waals surface area contributed by atoms with E-state index in [0.29, 0.717) is 13.0 Å². The van der Waals surface area contributed by atoms with Crippen molar-refractivity contribution in [1.29, 1.82) is 0 Å². The topological polar surface area (TPSA) is 88.1 Å². The molecular formula is C27H33FN2O5. The van der Waals surface area contributed by atoms with Gasteiger partial charge in [-0.1, -0.05) is 36.4 Å². The highest BCUT2D eigenvalue weighted by atomic mass is 19.1. The standard InChI is InChI=1S/C27H33FN2O5/c1-27(2,3)35-26(33)29-22-14-23(34-16-19(22)15-31)25(32)30-13-12-17-6-4-5-7-21(17)24(30)18-8-10-20(28)11-9-18/h4-11,19,22-24,31H,12-16H2,1-3H3,(H,29,33)/t19-,22+,23-,24+/m1/s1. The van der Waals surface area contributed by atoms with E-state index in [4.69, 9.17) is 9.47 Å². The number of hydrogen-bond donors (Lipinski definition) is 2. The van der Waals surface area contributed by atoms with Crippen molar-refractivity contribution in [3.63, 3.8) is 0 Å². The smallest absolute Gasteiger partial charge is 0.407 e. The van der Waals surface area contributed by atoms with Crippen LogP contribution in [-0.2, 0) is 20.7 Å². The van der Waals surface area contributed by atoms with Gasteiger partial charge < -0.3 is 24.8 Å². The molecule has 2 N–H and O–H groups in total. The Morgan fingerprint density at radius 1 is 1.17 bits per heavy atom.